The van der Waals surface area contributed by atoms with Crippen molar-refractivity contribution >= 4 is 86.0 Å². The topological polar surface area (TPSA) is 38.9 Å². The number of para-hydroxylation sites is 3. The molecule has 0 amide bonds. The molecule has 3 aromatic heterocycles. The van der Waals surface area contributed by atoms with Crippen LogP contribution in [0.4, 0.5) is 0 Å². The second-order valence-electron chi connectivity index (χ2n) is 16.7. The molecule has 14 rings (SSSR count). The van der Waals surface area contributed by atoms with Crippen molar-refractivity contribution in [2.24, 2.45) is 0 Å². The average molecular weight is 819 g/mol. The highest BCUT2D eigenvalue weighted by Gasteiger charge is 2.38. The first-order chi connectivity index (χ1) is 31.2. The lowest BCUT2D eigenvalue weighted by Gasteiger charge is -2.20. The van der Waals surface area contributed by atoms with Crippen molar-refractivity contribution < 1.29 is 4.42 Å². The normalized spacial score (nSPS) is 13.6. The van der Waals surface area contributed by atoms with E-state index in [2.05, 4.69) is 188 Å². The summed E-state index contributed by atoms with van der Waals surface area (Å²) in [6.07, 6.45) is 0. The third-order valence-electron chi connectivity index (χ3n) is 13.3. The van der Waals surface area contributed by atoms with E-state index in [9.17, 15) is 0 Å². The Hall–Kier alpha value is -7.92. The van der Waals surface area contributed by atoms with Gasteiger partial charge in [-0.2, -0.15) is 0 Å². The highest BCUT2D eigenvalue weighted by molar-refractivity contribution is 7.27. The van der Waals surface area contributed by atoms with Crippen LogP contribution in [-0.4, -0.2) is 9.97 Å². The summed E-state index contributed by atoms with van der Waals surface area (Å²) in [7, 11) is 0. The van der Waals surface area contributed by atoms with Gasteiger partial charge >= 0.3 is 0 Å². The Kier molecular flexibility index (Phi) is 7.33. The minimum absolute atomic E-state index is 0.191. The van der Waals surface area contributed by atoms with E-state index in [4.69, 9.17) is 14.4 Å². The molecule has 0 saturated heterocycles. The van der Waals surface area contributed by atoms with Crippen LogP contribution in [0.15, 0.2) is 205 Å². The zero-order valence-electron chi connectivity index (χ0n) is 33.8. The summed E-state index contributed by atoms with van der Waals surface area (Å²) >= 11 is 1.93. The fraction of sp³-hybridized carbons (Fsp3) is 0.0169. The number of thiophene rings is 1. The molecule has 1 unspecified atom stereocenters. The smallest absolute Gasteiger partial charge is 0.135 e. The predicted molar refractivity (Wildman–Crippen MR) is 264 cm³/mol. The van der Waals surface area contributed by atoms with E-state index in [-0.39, 0.29) is 5.92 Å². The van der Waals surface area contributed by atoms with Crippen LogP contribution in [0.5, 0.6) is 0 Å². The molecule has 3 nitrogen and oxygen atoms in total. The fourth-order valence-corrected chi connectivity index (χ4v) is 11.9. The summed E-state index contributed by atoms with van der Waals surface area (Å²) in [5.74, 6) is -0.191. The highest BCUT2D eigenvalue weighted by atomic mass is 32.1. The number of benzene rings is 10. The van der Waals surface area contributed by atoms with Crippen LogP contribution in [-0.2, 0) is 0 Å². The maximum atomic E-state index is 6.27. The molecule has 4 heteroatoms. The summed E-state index contributed by atoms with van der Waals surface area (Å²) in [5.41, 5.74) is 16.2. The monoisotopic (exact) mass is 818 g/mol. The minimum atomic E-state index is -0.191. The first-order valence-corrected chi connectivity index (χ1v) is 22.3. The molecule has 0 N–H and O–H groups in total. The zero-order chi connectivity index (χ0) is 41.2. The lowest BCUT2D eigenvalue weighted by atomic mass is 9.87. The third-order valence-corrected chi connectivity index (χ3v) is 14.6. The first kappa shape index (κ1) is 34.8. The van der Waals surface area contributed by atoms with E-state index >= 15 is 0 Å². The minimum Gasteiger partial charge on any atom is -0.456 e. The van der Waals surface area contributed by atoms with Crippen LogP contribution in [0.2, 0.25) is 0 Å². The van der Waals surface area contributed by atoms with Gasteiger partial charge in [0.2, 0.25) is 0 Å². The molecule has 10 aromatic carbocycles. The lowest BCUT2D eigenvalue weighted by Crippen LogP contribution is -2.07. The van der Waals surface area contributed by atoms with Gasteiger partial charge in [0.05, 0.1) is 28.3 Å². The molecule has 13 aromatic rings. The van der Waals surface area contributed by atoms with Gasteiger partial charge in [0, 0.05) is 36.5 Å². The van der Waals surface area contributed by atoms with Gasteiger partial charge in [-0.25, -0.2) is 9.97 Å². The molecule has 0 fully saturated rings. The molecule has 0 radical (unpaired) electrons. The summed E-state index contributed by atoms with van der Waals surface area (Å²) < 4.78 is 8.89. The third kappa shape index (κ3) is 5.13. The Balaban J connectivity index is 1.10. The van der Waals surface area contributed by atoms with Crippen LogP contribution < -0.4 is 0 Å². The maximum absolute atomic E-state index is 6.27. The number of hydrogen-bond acceptors (Lipinski definition) is 4. The number of rotatable bonds is 4. The zero-order valence-corrected chi connectivity index (χ0v) is 34.7. The van der Waals surface area contributed by atoms with Crippen LogP contribution in [0.3, 0.4) is 0 Å². The Labute approximate surface area is 366 Å². The molecule has 3 heterocycles. The summed E-state index contributed by atoms with van der Waals surface area (Å²) in [6, 6.07) is 72.3. The maximum Gasteiger partial charge on any atom is 0.135 e. The van der Waals surface area contributed by atoms with Crippen LogP contribution in [0, 0.1) is 0 Å². The number of fused-ring (bicyclic) bond motifs is 16. The molecular weight excluding hydrogens is 785 g/mol. The Bertz CT molecular complexity index is 4050. The Morgan fingerprint density at radius 2 is 1.08 bits per heavy atom. The lowest BCUT2D eigenvalue weighted by molar-refractivity contribution is 0.669. The van der Waals surface area contributed by atoms with Gasteiger partial charge in [-0.1, -0.05) is 158 Å². The first-order valence-electron chi connectivity index (χ1n) is 21.5. The van der Waals surface area contributed by atoms with Crippen molar-refractivity contribution in [3.8, 4) is 44.6 Å². The molecule has 0 bridgehead atoms. The van der Waals surface area contributed by atoms with E-state index < -0.39 is 0 Å². The van der Waals surface area contributed by atoms with Crippen molar-refractivity contribution in [2.45, 2.75) is 5.92 Å². The Morgan fingerprint density at radius 3 is 1.97 bits per heavy atom. The molecule has 1 aliphatic carbocycles. The van der Waals surface area contributed by atoms with Crippen molar-refractivity contribution in [3.63, 3.8) is 0 Å². The summed E-state index contributed by atoms with van der Waals surface area (Å²) in [5, 5.41) is 9.93. The van der Waals surface area contributed by atoms with Gasteiger partial charge in [-0.3, -0.25) is 0 Å². The highest BCUT2D eigenvalue weighted by Crippen LogP contribution is 2.58. The molecule has 0 spiro atoms. The van der Waals surface area contributed by atoms with Crippen LogP contribution in [0.1, 0.15) is 22.7 Å². The van der Waals surface area contributed by atoms with Crippen molar-refractivity contribution in [3.05, 3.63) is 217 Å². The largest absolute Gasteiger partial charge is 0.456 e. The number of hydrogen-bond donors (Lipinski definition) is 0. The van der Waals surface area contributed by atoms with E-state index in [1.165, 1.54) is 75.1 Å². The summed E-state index contributed by atoms with van der Waals surface area (Å²) in [6.45, 7) is 0. The average Bonchev–Trinajstić information content (AvgIpc) is 4.04. The van der Waals surface area contributed by atoms with E-state index in [0.29, 0.717) is 0 Å². The molecule has 0 saturated carbocycles. The van der Waals surface area contributed by atoms with Gasteiger partial charge in [0.25, 0.3) is 0 Å². The van der Waals surface area contributed by atoms with Gasteiger partial charge in [0.1, 0.15) is 11.2 Å². The van der Waals surface area contributed by atoms with Crippen molar-refractivity contribution in [1.82, 2.24) is 9.97 Å². The quantitative estimate of drug-likeness (QED) is 0.178. The predicted octanol–water partition coefficient (Wildman–Crippen LogP) is 16.4. The fourth-order valence-electron chi connectivity index (χ4n) is 10.5. The molecule has 63 heavy (non-hydrogen) atoms. The number of nitrogens with zero attached hydrogens (tertiary/aromatic N) is 2. The van der Waals surface area contributed by atoms with Crippen molar-refractivity contribution in [2.75, 3.05) is 0 Å². The molecule has 1 aliphatic rings. The number of aromatic nitrogens is 2. The molecule has 1 atom stereocenters. The van der Waals surface area contributed by atoms with Crippen LogP contribution >= 0.6 is 11.3 Å². The number of furan rings is 1. The second kappa shape index (κ2) is 13.3. The Morgan fingerprint density at radius 1 is 0.413 bits per heavy atom. The standard InChI is InChI=1S/C59H34N2OS/c1-2-13-34(14-3-1)36-16-12-17-39(31-36)56-57(61-49-23-10-9-22-48(49)60-56)54-44-28-26-37(38-27-30-51-46(32-38)41-19-8-11-24-50(41)62-51)33-47(44)52-42-20-6-7-21-43(42)53-45-29-25-35-15-4-5-18-40(35)58(45)63-59(53)55(52)54/h1-33,54H. The van der Waals surface area contributed by atoms with E-state index in [1.807, 2.05) is 23.5 Å². The molecule has 0 aliphatic heterocycles. The van der Waals surface area contributed by atoms with Crippen molar-refractivity contribution in [1.29, 1.82) is 0 Å². The second-order valence-corrected chi connectivity index (χ2v) is 17.8. The van der Waals surface area contributed by atoms with E-state index in [0.717, 1.165) is 61.1 Å². The summed E-state index contributed by atoms with van der Waals surface area (Å²) in [4.78, 5) is 11.2. The van der Waals surface area contributed by atoms with Gasteiger partial charge in [0.15, 0.2) is 0 Å². The van der Waals surface area contributed by atoms with Crippen LogP contribution in [0.25, 0.3) is 119 Å². The molecular formula is C59H34N2OS. The molecule has 292 valence electrons. The van der Waals surface area contributed by atoms with Gasteiger partial charge in [-0.15, -0.1) is 11.3 Å². The van der Waals surface area contributed by atoms with Gasteiger partial charge < -0.3 is 4.42 Å². The van der Waals surface area contributed by atoms with Gasteiger partial charge in [-0.05, 0) is 109 Å². The van der Waals surface area contributed by atoms with E-state index in [1.54, 1.807) is 0 Å². The SMILES string of the molecule is c1ccc(-c2cccc(-c3nc4ccccc4nc3C3c4ccc(-c5ccc6oc7ccccc7c6c5)cc4-c4c3c3sc5c6ccccc6ccc5c3c3ccccc43)c2)cc1.